The highest BCUT2D eigenvalue weighted by molar-refractivity contribution is 5.86. The molecule has 0 bridgehead atoms. The number of ketones is 1. The summed E-state index contributed by atoms with van der Waals surface area (Å²) in [6, 6.07) is 0. The number of rotatable bonds is 0. The van der Waals surface area contributed by atoms with Crippen molar-refractivity contribution in [2.45, 2.75) is 59.8 Å². The van der Waals surface area contributed by atoms with Gasteiger partial charge in [0.05, 0.1) is 0 Å². The van der Waals surface area contributed by atoms with Crippen LogP contribution in [0.2, 0.25) is 0 Å². The molecule has 0 saturated heterocycles. The first-order valence-corrected chi connectivity index (χ1v) is 6.52. The van der Waals surface area contributed by atoms with Gasteiger partial charge in [-0.05, 0) is 43.9 Å². The molecular formula is C15H24O. The van der Waals surface area contributed by atoms with Gasteiger partial charge in [-0.1, -0.05) is 32.4 Å². The highest BCUT2D eigenvalue weighted by Gasteiger charge is 2.46. The average Bonchev–Trinajstić information content (AvgIpc) is 2.26. The summed E-state index contributed by atoms with van der Waals surface area (Å²) in [4.78, 5) is 12.5. The minimum atomic E-state index is -0.0622. The van der Waals surface area contributed by atoms with Crippen LogP contribution in [0.3, 0.4) is 0 Å². The number of allylic oxidation sites excluding steroid dienone is 2. The predicted molar refractivity (Wildman–Crippen MR) is 67.2 cm³/mol. The van der Waals surface area contributed by atoms with Crippen molar-refractivity contribution in [1.29, 1.82) is 0 Å². The molecule has 1 saturated carbocycles. The summed E-state index contributed by atoms with van der Waals surface area (Å²) in [5.74, 6) is 1.09. The molecule has 0 N–H and O–H groups in total. The van der Waals surface area contributed by atoms with E-state index < -0.39 is 0 Å². The maximum Gasteiger partial charge on any atom is 0.139 e. The van der Waals surface area contributed by atoms with Crippen LogP contribution in [0.15, 0.2) is 11.6 Å². The van der Waals surface area contributed by atoms with Gasteiger partial charge >= 0.3 is 0 Å². The minimum Gasteiger partial charge on any atom is -0.299 e. The summed E-state index contributed by atoms with van der Waals surface area (Å²) in [7, 11) is 0. The molecule has 0 radical (unpaired) electrons. The highest BCUT2D eigenvalue weighted by atomic mass is 16.1. The maximum absolute atomic E-state index is 12.5. The molecule has 0 amide bonds. The van der Waals surface area contributed by atoms with E-state index >= 15 is 0 Å². The second-order valence-electron chi connectivity index (χ2n) is 6.88. The van der Waals surface area contributed by atoms with Crippen LogP contribution in [0, 0.1) is 16.7 Å². The Morgan fingerprint density at radius 1 is 1.31 bits per heavy atom. The Kier molecular flexibility index (Phi) is 2.76. The summed E-state index contributed by atoms with van der Waals surface area (Å²) in [6.45, 7) is 8.89. The van der Waals surface area contributed by atoms with Crippen molar-refractivity contribution in [3.05, 3.63) is 11.6 Å². The topological polar surface area (TPSA) is 17.1 Å². The number of hydrogen-bond acceptors (Lipinski definition) is 1. The van der Waals surface area contributed by atoms with E-state index in [0.29, 0.717) is 11.7 Å². The van der Waals surface area contributed by atoms with E-state index in [1.54, 1.807) is 0 Å². The van der Waals surface area contributed by atoms with Crippen molar-refractivity contribution in [1.82, 2.24) is 0 Å². The lowest BCUT2D eigenvalue weighted by atomic mass is 9.65. The van der Waals surface area contributed by atoms with Gasteiger partial charge in [0.25, 0.3) is 0 Å². The number of Topliss-reactive ketones (excluding diaryl/α,β-unsaturated/α-hetero) is 1. The monoisotopic (exact) mass is 220 g/mol. The molecule has 0 heterocycles. The SMILES string of the molecule is CC1=CC[C@@]2(C)C(=O)CC(C)(C)CC[C@H]2C1. The molecular weight excluding hydrogens is 196 g/mol. The Bertz CT molecular complexity index is 337. The van der Waals surface area contributed by atoms with Crippen LogP contribution in [0.25, 0.3) is 0 Å². The Labute approximate surface area is 99.3 Å². The van der Waals surface area contributed by atoms with Crippen LogP contribution in [-0.4, -0.2) is 5.78 Å². The van der Waals surface area contributed by atoms with Crippen LogP contribution in [0.4, 0.5) is 0 Å². The summed E-state index contributed by atoms with van der Waals surface area (Å²) in [5, 5.41) is 0. The van der Waals surface area contributed by atoms with E-state index in [9.17, 15) is 4.79 Å². The lowest BCUT2D eigenvalue weighted by molar-refractivity contribution is -0.131. The van der Waals surface area contributed by atoms with Gasteiger partial charge in [-0.25, -0.2) is 0 Å². The Balaban J connectivity index is 2.30. The zero-order valence-corrected chi connectivity index (χ0v) is 11.1. The zero-order valence-electron chi connectivity index (χ0n) is 11.1. The summed E-state index contributed by atoms with van der Waals surface area (Å²) < 4.78 is 0. The first-order chi connectivity index (χ1) is 7.33. The van der Waals surface area contributed by atoms with Crippen LogP contribution in [-0.2, 0) is 4.79 Å². The van der Waals surface area contributed by atoms with E-state index in [-0.39, 0.29) is 10.8 Å². The fourth-order valence-electron chi connectivity index (χ4n) is 3.30. The molecule has 1 heteroatoms. The van der Waals surface area contributed by atoms with Crippen molar-refractivity contribution >= 4 is 5.78 Å². The molecule has 0 spiro atoms. The standard InChI is InChI=1S/C15H24O/c1-11-5-8-15(4)12(9-11)6-7-14(2,3)10-13(15)16/h5,12H,6-10H2,1-4H3/t12-,15+/m0/s1. The van der Waals surface area contributed by atoms with Gasteiger partial charge in [0.1, 0.15) is 5.78 Å². The summed E-state index contributed by atoms with van der Waals surface area (Å²) in [6.07, 6.45) is 7.59. The summed E-state index contributed by atoms with van der Waals surface area (Å²) >= 11 is 0. The molecule has 2 rings (SSSR count). The third-order valence-electron chi connectivity index (χ3n) is 4.79. The molecule has 0 aromatic carbocycles. The first kappa shape index (κ1) is 11.9. The largest absolute Gasteiger partial charge is 0.299 e. The number of hydrogen-bond donors (Lipinski definition) is 0. The zero-order chi connectivity index (χ0) is 12.0. The third kappa shape index (κ3) is 1.97. The molecule has 0 unspecified atom stereocenters. The smallest absolute Gasteiger partial charge is 0.139 e. The van der Waals surface area contributed by atoms with E-state index in [4.69, 9.17) is 0 Å². The Hall–Kier alpha value is -0.590. The third-order valence-corrected chi connectivity index (χ3v) is 4.79. The van der Waals surface area contributed by atoms with Gasteiger partial charge < -0.3 is 0 Å². The molecule has 2 aliphatic rings. The molecule has 2 aliphatic carbocycles. The molecule has 1 nitrogen and oxygen atoms in total. The van der Waals surface area contributed by atoms with Crippen molar-refractivity contribution in [2.75, 3.05) is 0 Å². The second kappa shape index (κ2) is 3.72. The lowest BCUT2D eigenvalue weighted by Crippen LogP contribution is -2.37. The fraction of sp³-hybridized carbons (Fsp3) is 0.800. The molecule has 0 aromatic heterocycles. The Morgan fingerprint density at radius 2 is 2.00 bits per heavy atom. The molecule has 2 atom stereocenters. The van der Waals surface area contributed by atoms with Crippen molar-refractivity contribution < 1.29 is 4.79 Å². The summed E-state index contributed by atoms with van der Waals surface area (Å²) in [5.41, 5.74) is 1.63. The molecule has 1 fully saturated rings. The maximum atomic E-state index is 12.5. The van der Waals surface area contributed by atoms with Crippen LogP contribution in [0.5, 0.6) is 0 Å². The highest BCUT2D eigenvalue weighted by Crippen LogP contribution is 2.50. The normalized spacial score (nSPS) is 38.6. The minimum absolute atomic E-state index is 0.0622. The quantitative estimate of drug-likeness (QED) is 0.561. The van der Waals surface area contributed by atoms with Gasteiger partial charge in [0.2, 0.25) is 0 Å². The van der Waals surface area contributed by atoms with E-state index in [1.807, 2.05) is 0 Å². The van der Waals surface area contributed by atoms with Gasteiger partial charge in [-0.3, -0.25) is 4.79 Å². The fourth-order valence-corrected chi connectivity index (χ4v) is 3.30. The molecule has 16 heavy (non-hydrogen) atoms. The van der Waals surface area contributed by atoms with Crippen LogP contribution < -0.4 is 0 Å². The second-order valence-corrected chi connectivity index (χ2v) is 6.88. The van der Waals surface area contributed by atoms with E-state index in [1.165, 1.54) is 18.4 Å². The van der Waals surface area contributed by atoms with Gasteiger partial charge in [-0.2, -0.15) is 0 Å². The van der Waals surface area contributed by atoms with E-state index in [0.717, 1.165) is 19.3 Å². The number of carbonyl (C=O) groups is 1. The number of carbonyl (C=O) groups excluding carboxylic acids is 1. The van der Waals surface area contributed by atoms with Crippen LogP contribution in [0.1, 0.15) is 59.8 Å². The predicted octanol–water partition coefficient (Wildman–Crippen LogP) is 4.13. The van der Waals surface area contributed by atoms with Crippen LogP contribution >= 0.6 is 0 Å². The van der Waals surface area contributed by atoms with Crippen molar-refractivity contribution in [3.63, 3.8) is 0 Å². The molecule has 90 valence electrons. The van der Waals surface area contributed by atoms with E-state index in [2.05, 4.69) is 33.8 Å². The van der Waals surface area contributed by atoms with Gasteiger partial charge in [-0.15, -0.1) is 0 Å². The lowest BCUT2D eigenvalue weighted by Gasteiger charge is -2.38. The molecule has 0 aromatic rings. The first-order valence-electron chi connectivity index (χ1n) is 6.52. The number of fused-ring (bicyclic) bond motifs is 1. The average molecular weight is 220 g/mol. The molecule has 0 aliphatic heterocycles. The van der Waals surface area contributed by atoms with Gasteiger partial charge in [0, 0.05) is 11.8 Å². The van der Waals surface area contributed by atoms with Crippen molar-refractivity contribution in [2.24, 2.45) is 16.7 Å². The van der Waals surface area contributed by atoms with Crippen molar-refractivity contribution in [3.8, 4) is 0 Å². The Morgan fingerprint density at radius 3 is 2.69 bits per heavy atom. The van der Waals surface area contributed by atoms with Gasteiger partial charge in [0.15, 0.2) is 0 Å².